The highest BCUT2D eigenvalue weighted by molar-refractivity contribution is 6.08. The first-order chi connectivity index (χ1) is 9.61. The number of aromatic hydroxyl groups is 1. The summed E-state index contributed by atoms with van der Waals surface area (Å²) in [5, 5.41) is 9.88. The first-order valence-corrected chi connectivity index (χ1v) is 6.27. The molecule has 1 N–H and O–H groups in total. The maximum absolute atomic E-state index is 12.1. The van der Waals surface area contributed by atoms with E-state index in [2.05, 4.69) is 0 Å². The second-order valence-electron chi connectivity index (χ2n) is 4.45. The van der Waals surface area contributed by atoms with Gasteiger partial charge in [-0.25, -0.2) is 0 Å². The molecule has 0 unspecified atom stereocenters. The molecule has 0 fully saturated rings. The van der Waals surface area contributed by atoms with E-state index in [9.17, 15) is 9.90 Å². The van der Waals surface area contributed by atoms with E-state index in [0.29, 0.717) is 5.75 Å². The molecule has 0 aliphatic heterocycles. The molecule has 20 heavy (non-hydrogen) atoms. The van der Waals surface area contributed by atoms with E-state index in [-0.39, 0.29) is 17.1 Å². The molecule has 0 spiro atoms. The molecule has 0 heterocycles. The van der Waals surface area contributed by atoms with Crippen LogP contribution in [0.1, 0.15) is 21.5 Å². The van der Waals surface area contributed by atoms with Crippen LogP contribution in [0.15, 0.2) is 48.5 Å². The normalized spacial score (nSPS) is 10.7. The lowest BCUT2D eigenvalue weighted by Crippen LogP contribution is -1.97. The van der Waals surface area contributed by atoms with E-state index < -0.39 is 0 Å². The number of benzene rings is 2. The minimum absolute atomic E-state index is 0.0739. The quantitative estimate of drug-likeness (QED) is 0.680. The maximum Gasteiger partial charge on any atom is 0.189 e. The van der Waals surface area contributed by atoms with Gasteiger partial charge in [-0.3, -0.25) is 4.79 Å². The third-order valence-corrected chi connectivity index (χ3v) is 3.01. The zero-order chi connectivity index (χ0) is 14.5. The van der Waals surface area contributed by atoms with Crippen molar-refractivity contribution in [1.82, 2.24) is 0 Å². The van der Waals surface area contributed by atoms with Crippen molar-refractivity contribution in [3.05, 3.63) is 65.2 Å². The highest BCUT2D eigenvalue weighted by Crippen LogP contribution is 2.28. The molecule has 0 saturated carbocycles. The van der Waals surface area contributed by atoms with Gasteiger partial charge in [0.1, 0.15) is 11.5 Å². The number of carbonyl (C=O) groups excluding carboxylic acids is 1. The number of rotatable bonds is 4. The Morgan fingerprint density at radius 3 is 2.55 bits per heavy atom. The highest BCUT2D eigenvalue weighted by atomic mass is 16.5. The smallest absolute Gasteiger partial charge is 0.189 e. The largest absolute Gasteiger partial charge is 0.507 e. The van der Waals surface area contributed by atoms with Gasteiger partial charge in [0.05, 0.1) is 12.7 Å². The number of methoxy groups -OCH3 is 1. The summed E-state index contributed by atoms with van der Waals surface area (Å²) in [6.07, 6.45) is 3.18. The number of hydrogen-bond acceptors (Lipinski definition) is 3. The first-order valence-electron chi connectivity index (χ1n) is 6.27. The SMILES string of the molecule is COc1cc(O)c(C(=O)/C=C/c2ccccc2)cc1C. The summed E-state index contributed by atoms with van der Waals surface area (Å²) in [5.74, 6) is 0.248. The molecular weight excluding hydrogens is 252 g/mol. The summed E-state index contributed by atoms with van der Waals surface area (Å²) in [4.78, 5) is 12.1. The fourth-order valence-electron chi connectivity index (χ4n) is 1.92. The van der Waals surface area contributed by atoms with Crippen molar-refractivity contribution < 1.29 is 14.6 Å². The van der Waals surface area contributed by atoms with Crippen molar-refractivity contribution in [1.29, 1.82) is 0 Å². The molecule has 2 rings (SSSR count). The zero-order valence-corrected chi connectivity index (χ0v) is 11.5. The van der Waals surface area contributed by atoms with Gasteiger partial charge in [-0.2, -0.15) is 0 Å². The number of aryl methyl sites for hydroxylation is 1. The second-order valence-corrected chi connectivity index (χ2v) is 4.45. The van der Waals surface area contributed by atoms with Crippen LogP contribution in [0, 0.1) is 6.92 Å². The van der Waals surface area contributed by atoms with Crippen molar-refractivity contribution in [2.75, 3.05) is 7.11 Å². The number of phenolic OH excluding ortho intramolecular Hbond substituents is 1. The average Bonchev–Trinajstić information content (AvgIpc) is 2.47. The lowest BCUT2D eigenvalue weighted by atomic mass is 10.0. The molecule has 2 aromatic rings. The van der Waals surface area contributed by atoms with Crippen LogP contribution >= 0.6 is 0 Å². The van der Waals surface area contributed by atoms with Gasteiger partial charge in [0.15, 0.2) is 5.78 Å². The van der Waals surface area contributed by atoms with Crippen molar-refractivity contribution in [3.63, 3.8) is 0 Å². The third-order valence-electron chi connectivity index (χ3n) is 3.01. The topological polar surface area (TPSA) is 46.5 Å². The Kier molecular flexibility index (Phi) is 4.20. The van der Waals surface area contributed by atoms with Gasteiger partial charge in [0, 0.05) is 6.07 Å². The second kappa shape index (κ2) is 6.06. The summed E-state index contributed by atoms with van der Waals surface area (Å²) in [6.45, 7) is 1.83. The Morgan fingerprint density at radius 2 is 1.90 bits per heavy atom. The molecule has 102 valence electrons. The van der Waals surface area contributed by atoms with E-state index in [1.54, 1.807) is 12.1 Å². The molecule has 3 heteroatoms. The number of ether oxygens (including phenoxy) is 1. The van der Waals surface area contributed by atoms with Crippen LogP contribution < -0.4 is 4.74 Å². The Hall–Kier alpha value is -2.55. The monoisotopic (exact) mass is 268 g/mol. The standard InChI is InChI=1S/C17H16O3/c1-12-10-14(16(19)11-17(12)20-2)15(18)9-8-13-6-4-3-5-7-13/h3-11,19H,1-2H3/b9-8+. The molecule has 0 aromatic heterocycles. The van der Waals surface area contributed by atoms with E-state index >= 15 is 0 Å². The number of ketones is 1. The Balaban J connectivity index is 2.26. The molecule has 0 aliphatic rings. The summed E-state index contributed by atoms with van der Waals surface area (Å²) in [5.41, 5.74) is 2.02. The van der Waals surface area contributed by atoms with Gasteiger partial charge >= 0.3 is 0 Å². The van der Waals surface area contributed by atoms with Crippen LogP contribution in [-0.2, 0) is 0 Å². The Labute approximate surface area is 118 Å². The minimum atomic E-state index is -0.239. The van der Waals surface area contributed by atoms with Gasteiger partial charge in [0.25, 0.3) is 0 Å². The van der Waals surface area contributed by atoms with Crippen molar-refractivity contribution in [3.8, 4) is 11.5 Å². The third kappa shape index (κ3) is 3.06. The molecule has 0 amide bonds. The molecule has 0 radical (unpaired) electrons. The molecule has 0 atom stereocenters. The Morgan fingerprint density at radius 1 is 1.20 bits per heavy atom. The van der Waals surface area contributed by atoms with Crippen LogP contribution in [0.5, 0.6) is 11.5 Å². The minimum Gasteiger partial charge on any atom is -0.507 e. The maximum atomic E-state index is 12.1. The highest BCUT2D eigenvalue weighted by Gasteiger charge is 2.11. The van der Waals surface area contributed by atoms with E-state index in [1.807, 2.05) is 37.3 Å². The molecular formula is C17H16O3. The summed E-state index contributed by atoms with van der Waals surface area (Å²) in [7, 11) is 1.53. The number of allylic oxidation sites excluding steroid dienone is 1. The molecule has 0 bridgehead atoms. The van der Waals surface area contributed by atoms with Crippen LogP contribution in [0.25, 0.3) is 6.08 Å². The summed E-state index contributed by atoms with van der Waals surface area (Å²) < 4.78 is 5.10. The van der Waals surface area contributed by atoms with Gasteiger partial charge in [-0.15, -0.1) is 0 Å². The molecule has 0 saturated heterocycles. The van der Waals surface area contributed by atoms with Gasteiger partial charge < -0.3 is 9.84 Å². The van der Waals surface area contributed by atoms with E-state index in [4.69, 9.17) is 4.74 Å². The Bertz CT molecular complexity index is 643. The van der Waals surface area contributed by atoms with Crippen LogP contribution in [0.4, 0.5) is 0 Å². The van der Waals surface area contributed by atoms with Crippen molar-refractivity contribution in [2.45, 2.75) is 6.92 Å². The lowest BCUT2D eigenvalue weighted by molar-refractivity contribution is 0.104. The lowest BCUT2D eigenvalue weighted by Gasteiger charge is -2.08. The van der Waals surface area contributed by atoms with Crippen LogP contribution in [-0.4, -0.2) is 18.0 Å². The number of phenols is 1. The average molecular weight is 268 g/mol. The zero-order valence-electron chi connectivity index (χ0n) is 11.5. The van der Waals surface area contributed by atoms with Crippen LogP contribution in [0.3, 0.4) is 0 Å². The first kappa shape index (κ1) is 13.9. The number of carbonyl (C=O) groups is 1. The van der Waals surface area contributed by atoms with Crippen molar-refractivity contribution >= 4 is 11.9 Å². The number of hydrogen-bond donors (Lipinski definition) is 1. The molecule has 3 nitrogen and oxygen atoms in total. The predicted molar refractivity (Wildman–Crippen MR) is 79.2 cm³/mol. The summed E-state index contributed by atoms with van der Waals surface area (Å²) in [6, 6.07) is 12.6. The van der Waals surface area contributed by atoms with Gasteiger partial charge in [0.2, 0.25) is 0 Å². The van der Waals surface area contributed by atoms with Gasteiger partial charge in [-0.1, -0.05) is 36.4 Å². The predicted octanol–water partition coefficient (Wildman–Crippen LogP) is 3.61. The summed E-state index contributed by atoms with van der Waals surface area (Å²) >= 11 is 0. The van der Waals surface area contributed by atoms with E-state index in [1.165, 1.54) is 19.3 Å². The fraction of sp³-hybridized carbons (Fsp3) is 0.118. The van der Waals surface area contributed by atoms with Crippen LogP contribution in [0.2, 0.25) is 0 Å². The van der Waals surface area contributed by atoms with E-state index in [0.717, 1.165) is 11.1 Å². The molecule has 0 aliphatic carbocycles. The van der Waals surface area contributed by atoms with Gasteiger partial charge in [-0.05, 0) is 30.2 Å². The van der Waals surface area contributed by atoms with Crippen molar-refractivity contribution in [2.24, 2.45) is 0 Å². The fourth-order valence-corrected chi connectivity index (χ4v) is 1.92. The molecule has 2 aromatic carbocycles.